The van der Waals surface area contributed by atoms with E-state index in [2.05, 4.69) is 0 Å². The maximum Gasteiger partial charge on any atom is 0.314 e. The molecule has 7 nitrogen and oxygen atoms in total. The average molecular weight is 243 g/mol. The molecule has 0 fully saturated rings. The van der Waals surface area contributed by atoms with Gasteiger partial charge in [0.2, 0.25) is 11.7 Å². The second-order valence-electron chi connectivity index (χ2n) is 3.17. The van der Waals surface area contributed by atoms with Crippen LogP contribution in [0.1, 0.15) is 0 Å². The Bertz CT molecular complexity index is 452. The number of hydrogen-bond donors (Lipinski definition) is 2. The number of primary amides is 1. The van der Waals surface area contributed by atoms with Crippen molar-refractivity contribution in [3.63, 3.8) is 0 Å². The van der Waals surface area contributed by atoms with Gasteiger partial charge in [-0.05, 0) is 6.07 Å². The minimum absolute atomic E-state index is 0.433. The number of carbonyl (C=O) groups is 1. The summed E-state index contributed by atoms with van der Waals surface area (Å²) in [6.07, 6.45) is 0. The van der Waals surface area contributed by atoms with Gasteiger partial charge < -0.3 is 16.2 Å². The molecule has 4 N–H and O–H groups in total. The van der Waals surface area contributed by atoms with E-state index in [0.717, 1.165) is 12.1 Å². The van der Waals surface area contributed by atoms with Crippen LogP contribution in [0.2, 0.25) is 0 Å². The molecule has 0 saturated carbocycles. The topological polar surface area (TPSA) is 121 Å². The van der Waals surface area contributed by atoms with Crippen molar-refractivity contribution in [2.45, 2.75) is 6.04 Å². The minimum atomic E-state index is -1.16. The Labute approximate surface area is 95.3 Å². The quantitative estimate of drug-likeness (QED) is 0.553. The standard InChI is InChI=1S/C9H10FN3O4/c10-5-2-1-3-7(13(15)16)8(5)17-4-6(11)9(12)14/h1-3,6H,4,11H2,(H2,12,14). The van der Waals surface area contributed by atoms with Crippen LogP contribution in [0.25, 0.3) is 0 Å². The normalized spacial score (nSPS) is 11.9. The van der Waals surface area contributed by atoms with Gasteiger partial charge in [-0.25, -0.2) is 4.39 Å². The number of nitrogens with two attached hydrogens (primary N) is 2. The van der Waals surface area contributed by atoms with Crippen LogP contribution in [0.3, 0.4) is 0 Å². The van der Waals surface area contributed by atoms with Gasteiger partial charge in [0.25, 0.3) is 0 Å². The molecule has 0 radical (unpaired) electrons. The summed E-state index contributed by atoms with van der Waals surface area (Å²) in [5.74, 6) is -2.31. The predicted molar refractivity (Wildman–Crippen MR) is 55.7 cm³/mol. The van der Waals surface area contributed by atoms with E-state index in [4.69, 9.17) is 16.2 Å². The van der Waals surface area contributed by atoms with Crippen molar-refractivity contribution in [2.75, 3.05) is 6.61 Å². The third-order valence-corrected chi connectivity index (χ3v) is 1.92. The fourth-order valence-electron chi connectivity index (χ4n) is 1.04. The lowest BCUT2D eigenvalue weighted by Gasteiger charge is -2.10. The van der Waals surface area contributed by atoms with Gasteiger partial charge in [-0.2, -0.15) is 0 Å². The molecule has 1 amide bonds. The molecule has 1 unspecified atom stereocenters. The van der Waals surface area contributed by atoms with Crippen molar-refractivity contribution in [2.24, 2.45) is 11.5 Å². The van der Waals surface area contributed by atoms with Crippen molar-refractivity contribution in [1.29, 1.82) is 0 Å². The summed E-state index contributed by atoms with van der Waals surface area (Å²) in [6, 6.07) is 2.09. The summed E-state index contributed by atoms with van der Waals surface area (Å²) in [5.41, 5.74) is 9.57. The van der Waals surface area contributed by atoms with Crippen LogP contribution in [0, 0.1) is 15.9 Å². The summed E-state index contributed by atoms with van der Waals surface area (Å²) in [6.45, 7) is -0.433. The lowest BCUT2D eigenvalue weighted by molar-refractivity contribution is -0.386. The van der Waals surface area contributed by atoms with Crippen molar-refractivity contribution >= 4 is 11.6 Å². The summed E-state index contributed by atoms with van der Waals surface area (Å²) in [5, 5.41) is 10.6. The van der Waals surface area contributed by atoms with Gasteiger partial charge in [-0.3, -0.25) is 14.9 Å². The molecule has 1 rings (SSSR count). The number of para-hydroxylation sites is 1. The number of nitro groups is 1. The molecule has 1 aromatic carbocycles. The minimum Gasteiger partial charge on any atom is -0.483 e. The van der Waals surface area contributed by atoms with E-state index in [-0.39, 0.29) is 0 Å². The van der Waals surface area contributed by atoms with E-state index in [1.807, 2.05) is 0 Å². The largest absolute Gasteiger partial charge is 0.483 e. The molecule has 0 spiro atoms. The second-order valence-corrected chi connectivity index (χ2v) is 3.17. The van der Waals surface area contributed by atoms with Crippen molar-refractivity contribution in [3.05, 3.63) is 34.1 Å². The molecular formula is C9H10FN3O4. The molecule has 92 valence electrons. The van der Waals surface area contributed by atoms with E-state index in [1.165, 1.54) is 6.07 Å². The molecule has 0 saturated heterocycles. The van der Waals surface area contributed by atoms with E-state index in [0.29, 0.717) is 0 Å². The van der Waals surface area contributed by atoms with Crippen molar-refractivity contribution < 1.29 is 18.8 Å². The van der Waals surface area contributed by atoms with Crippen LogP contribution in [0.15, 0.2) is 18.2 Å². The molecule has 0 heterocycles. The first kappa shape index (κ1) is 12.8. The van der Waals surface area contributed by atoms with Crippen LogP contribution in [0.5, 0.6) is 5.75 Å². The highest BCUT2D eigenvalue weighted by Crippen LogP contribution is 2.29. The van der Waals surface area contributed by atoms with Gasteiger partial charge in [-0.15, -0.1) is 0 Å². The Morgan fingerprint density at radius 3 is 2.76 bits per heavy atom. The van der Waals surface area contributed by atoms with Crippen LogP contribution in [0.4, 0.5) is 10.1 Å². The molecular weight excluding hydrogens is 233 g/mol. The number of rotatable bonds is 5. The number of hydrogen-bond acceptors (Lipinski definition) is 5. The molecule has 0 aliphatic carbocycles. The van der Waals surface area contributed by atoms with Crippen LogP contribution < -0.4 is 16.2 Å². The maximum absolute atomic E-state index is 13.3. The highest BCUT2D eigenvalue weighted by Gasteiger charge is 2.21. The zero-order chi connectivity index (χ0) is 13.0. The number of nitrogens with zero attached hydrogens (tertiary/aromatic N) is 1. The predicted octanol–water partition coefficient (Wildman–Crippen LogP) is -0.0747. The number of carbonyl (C=O) groups excluding carboxylic acids is 1. The fourth-order valence-corrected chi connectivity index (χ4v) is 1.04. The van der Waals surface area contributed by atoms with E-state index >= 15 is 0 Å². The molecule has 8 heteroatoms. The van der Waals surface area contributed by atoms with Gasteiger partial charge in [-0.1, -0.05) is 6.07 Å². The van der Waals surface area contributed by atoms with E-state index in [1.54, 1.807) is 0 Å². The zero-order valence-corrected chi connectivity index (χ0v) is 8.63. The summed E-state index contributed by atoms with van der Waals surface area (Å²) < 4.78 is 18.1. The van der Waals surface area contributed by atoms with Gasteiger partial charge in [0.15, 0.2) is 5.82 Å². The molecule has 0 aliphatic rings. The van der Waals surface area contributed by atoms with Gasteiger partial charge in [0, 0.05) is 6.07 Å². The molecule has 0 aromatic heterocycles. The summed E-state index contributed by atoms with van der Waals surface area (Å²) >= 11 is 0. The van der Waals surface area contributed by atoms with Crippen molar-refractivity contribution in [1.82, 2.24) is 0 Å². The van der Waals surface area contributed by atoms with Crippen LogP contribution in [-0.2, 0) is 4.79 Å². The van der Waals surface area contributed by atoms with E-state index in [9.17, 15) is 19.3 Å². The first-order valence-corrected chi connectivity index (χ1v) is 4.54. The Hall–Kier alpha value is -2.22. The third-order valence-electron chi connectivity index (χ3n) is 1.92. The lowest BCUT2D eigenvalue weighted by atomic mass is 10.2. The van der Waals surface area contributed by atoms with Crippen LogP contribution >= 0.6 is 0 Å². The molecule has 0 aliphatic heterocycles. The Balaban J connectivity index is 2.90. The zero-order valence-electron chi connectivity index (χ0n) is 8.63. The van der Waals surface area contributed by atoms with Gasteiger partial charge >= 0.3 is 5.69 Å². The molecule has 0 bridgehead atoms. The number of amides is 1. The number of benzene rings is 1. The summed E-state index contributed by atoms with van der Waals surface area (Å²) in [7, 11) is 0. The first-order chi connectivity index (χ1) is 7.93. The molecule has 1 atom stereocenters. The third kappa shape index (κ3) is 3.11. The Morgan fingerprint density at radius 2 is 2.24 bits per heavy atom. The fraction of sp³-hybridized carbons (Fsp3) is 0.222. The van der Waals surface area contributed by atoms with E-state index < -0.39 is 40.7 Å². The van der Waals surface area contributed by atoms with Gasteiger partial charge in [0.1, 0.15) is 12.6 Å². The van der Waals surface area contributed by atoms with Gasteiger partial charge in [0.05, 0.1) is 4.92 Å². The highest BCUT2D eigenvalue weighted by molar-refractivity contribution is 5.79. The monoisotopic (exact) mass is 243 g/mol. The molecule has 17 heavy (non-hydrogen) atoms. The Morgan fingerprint density at radius 1 is 1.59 bits per heavy atom. The number of halogens is 1. The average Bonchev–Trinajstić information content (AvgIpc) is 2.26. The van der Waals surface area contributed by atoms with Crippen molar-refractivity contribution in [3.8, 4) is 5.75 Å². The van der Waals surface area contributed by atoms with Crippen LogP contribution in [-0.4, -0.2) is 23.5 Å². The highest BCUT2D eigenvalue weighted by atomic mass is 19.1. The first-order valence-electron chi connectivity index (χ1n) is 4.54. The molecule has 1 aromatic rings. The smallest absolute Gasteiger partial charge is 0.314 e. The maximum atomic E-state index is 13.3. The summed E-state index contributed by atoms with van der Waals surface area (Å²) in [4.78, 5) is 20.4. The SMILES string of the molecule is NC(=O)C(N)COc1c(F)cccc1[N+](=O)[O-]. The number of nitro benzene ring substituents is 1. The Kier molecular flexibility index (Phi) is 3.94. The number of ether oxygens (including phenoxy) is 1. The second kappa shape index (κ2) is 5.21. The lowest BCUT2D eigenvalue weighted by Crippen LogP contribution is -2.41.